The van der Waals surface area contributed by atoms with Gasteiger partial charge < -0.3 is 15.6 Å². The lowest BCUT2D eigenvalue weighted by atomic mass is 10.0. The van der Waals surface area contributed by atoms with Crippen molar-refractivity contribution in [2.75, 3.05) is 5.32 Å². The number of fused-ring (bicyclic) bond motifs is 1. The van der Waals surface area contributed by atoms with E-state index in [9.17, 15) is 9.59 Å². The van der Waals surface area contributed by atoms with Crippen LogP contribution in [0.3, 0.4) is 0 Å². The fraction of sp³-hybridized carbons (Fsp3) is 0.192. The van der Waals surface area contributed by atoms with Crippen molar-refractivity contribution in [3.05, 3.63) is 95.3 Å². The van der Waals surface area contributed by atoms with Gasteiger partial charge in [-0.25, -0.2) is 4.98 Å². The Morgan fingerprint density at radius 3 is 2.31 bits per heavy atom. The third-order valence-electron chi connectivity index (χ3n) is 5.44. The van der Waals surface area contributed by atoms with Crippen molar-refractivity contribution in [2.45, 2.75) is 26.8 Å². The van der Waals surface area contributed by atoms with E-state index in [2.05, 4.69) is 20.6 Å². The number of nitrogens with zero attached hydrogens (tertiary/aromatic N) is 1. The molecular formula is C26H26N4O2. The highest BCUT2D eigenvalue weighted by Gasteiger charge is 2.23. The van der Waals surface area contributed by atoms with E-state index >= 15 is 0 Å². The molecule has 0 aliphatic carbocycles. The number of aryl methyl sites for hydroxylation is 1. The van der Waals surface area contributed by atoms with E-state index < -0.39 is 0 Å². The van der Waals surface area contributed by atoms with Crippen LogP contribution in [0.5, 0.6) is 0 Å². The van der Waals surface area contributed by atoms with E-state index in [-0.39, 0.29) is 23.8 Å². The molecule has 6 heteroatoms. The molecule has 3 aromatic carbocycles. The van der Waals surface area contributed by atoms with Crippen LogP contribution in [0.2, 0.25) is 0 Å². The summed E-state index contributed by atoms with van der Waals surface area (Å²) in [6, 6.07) is 21.8. The normalized spacial score (nSPS) is 12.0. The number of hydrogen-bond donors (Lipinski definition) is 3. The predicted octanol–water partition coefficient (Wildman–Crippen LogP) is 5.25. The lowest BCUT2D eigenvalue weighted by Gasteiger charge is -2.21. The van der Waals surface area contributed by atoms with E-state index in [0.29, 0.717) is 16.8 Å². The van der Waals surface area contributed by atoms with E-state index in [1.807, 2.05) is 69.3 Å². The molecule has 0 radical (unpaired) electrons. The van der Waals surface area contributed by atoms with Crippen LogP contribution in [-0.2, 0) is 0 Å². The first-order valence-electron chi connectivity index (χ1n) is 10.6. The highest BCUT2D eigenvalue weighted by molar-refractivity contribution is 6.05. The number of carbonyl (C=O) groups is 2. The van der Waals surface area contributed by atoms with Crippen LogP contribution in [-0.4, -0.2) is 21.8 Å². The topological polar surface area (TPSA) is 86.9 Å². The van der Waals surface area contributed by atoms with Crippen LogP contribution in [0.1, 0.15) is 52.0 Å². The highest BCUT2D eigenvalue weighted by Crippen LogP contribution is 2.24. The third-order valence-corrected chi connectivity index (χ3v) is 5.44. The van der Waals surface area contributed by atoms with Gasteiger partial charge in [0, 0.05) is 16.8 Å². The summed E-state index contributed by atoms with van der Waals surface area (Å²) in [5.41, 5.74) is 4.32. The number of benzene rings is 3. The zero-order valence-corrected chi connectivity index (χ0v) is 18.3. The van der Waals surface area contributed by atoms with Crippen LogP contribution in [0.15, 0.2) is 72.8 Å². The number of hydrogen-bond acceptors (Lipinski definition) is 3. The van der Waals surface area contributed by atoms with Gasteiger partial charge in [0.25, 0.3) is 11.8 Å². The number of nitrogens with one attached hydrogen (secondary N) is 3. The van der Waals surface area contributed by atoms with E-state index in [1.165, 1.54) is 0 Å². The van der Waals surface area contributed by atoms with Crippen LogP contribution >= 0.6 is 0 Å². The first-order valence-corrected chi connectivity index (χ1v) is 10.6. The minimum Gasteiger partial charge on any atom is -0.342 e. The lowest BCUT2D eigenvalue weighted by molar-refractivity contribution is 0.0922. The SMILES string of the molecule is Cc1ccc(C(=O)N[C@H](c2nc3ccccc3[nH]2)C(C)C)cc1NC(=O)c1ccccc1. The maximum absolute atomic E-state index is 13.1. The first kappa shape index (κ1) is 21.3. The molecule has 1 aromatic heterocycles. The molecule has 32 heavy (non-hydrogen) atoms. The minimum absolute atomic E-state index is 0.127. The molecule has 0 aliphatic rings. The highest BCUT2D eigenvalue weighted by atomic mass is 16.2. The lowest BCUT2D eigenvalue weighted by Crippen LogP contribution is -2.32. The van der Waals surface area contributed by atoms with Crippen molar-refractivity contribution in [1.82, 2.24) is 15.3 Å². The second-order valence-electron chi connectivity index (χ2n) is 8.18. The summed E-state index contributed by atoms with van der Waals surface area (Å²) in [7, 11) is 0. The van der Waals surface area contributed by atoms with Gasteiger partial charge in [-0.15, -0.1) is 0 Å². The third kappa shape index (κ3) is 4.54. The Morgan fingerprint density at radius 2 is 1.59 bits per heavy atom. The van der Waals surface area contributed by atoms with Gasteiger partial charge in [-0.1, -0.05) is 50.2 Å². The maximum Gasteiger partial charge on any atom is 0.255 e. The Labute approximate surface area is 187 Å². The molecule has 1 atom stereocenters. The van der Waals surface area contributed by atoms with Crippen molar-refractivity contribution in [3.8, 4) is 0 Å². The van der Waals surface area contributed by atoms with E-state index in [1.54, 1.807) is 24.3 Å². The number of imidazole rings is 1. The van der Waals surface area contributed by atoms with Gasteiger partial charge in [0.15, 0.2) is 0 Å². The Morgan fingerprint density at radius 1 is 0.875 bits per heavy atom. The molecule has 6 nitrogen and oxygen atoms in total. The molecule has 2 amide bonds. The molecule has 0 saturated carbocycles. The number of aromatic amines is 1. The molecule has 162 valence electrons. The van der Waals surface area contributed by atoms with Crippen molar-refractivity contribution >= 4 is 28.5 Å². The van der Waals surface area contributed by atoms with Crippen LogP contribution < -0.4 is 10.6 Å². The summed E-state index contributed by atoms with van der Waals surface area (Å²) < 4.78 is 0. The van der Waals surface area contributed by atoms with Crippen LogP contribution in [0.4, 0.5) is 5.69 Å². The molecule has 4 aromatic rings. The molecular weight excluding hydrogens is 400 g/mol. The van der Waals surface area contributed by atoms with Gasteiger partial charge in [-0.2, -0.15) is 0 Å². The Kier molecular flexibility index (Phi) is 6.03. The summed E-state index contributed by atoms with van der Waals surface area (Å²) in [5.74, 6) is 0.412. The Hall–Kier alpha value is -3.93. The van der Waals surface area contributed by atoms with Gasteiger partial charge in [-0.05, 0) is 54.8 Å². The summed E-state index contributed by atoms with van der Waals surface area (Å²) in [6.45, 7) is 5.98. The smallest absolute Gasteiger partial charge is 0.255 e. The van der Waals surface area contributed by atoms with Crippen molar-refractivity contribution in [2.24, 2.45) is 5.92 Å². The molecule has 0 unspecified atom stereocenters. The summed E-state index contributed by atoms with van der Waals surface area (Å²) >= 11 is 0. The minimum atomic E-state index is -0.279. The average Bonchev–Trinajstić information content (AvgIpc) is 3.23. The quantitative estimate of drug-likeness (QED) is 0.393. The molecule has 0 saturated heterocycles. The van der Waals surface area contributed by atoms with Crippen LogP contribution in [0.25, 0.3) is 11.0 Å². The zero-order valence-electron chi connectivity index (χ0n) is 18.3. The van der Waals surface area contributed by atoms with Crippen molar-refractivity contribution in [3.63, 3.8) is 0 Å². The van der Waals surface area contributed by atoms with Gasteiger partial charge >= 0.3 is 0 Å². The van der Waals surface area contributed by atoms with E-state index in [0.717, 1.165) is 22.4 Å². The van der Waals surface area contributed by atoms with Gasteiger partial charge in [0.2, 0.25) is 0 Å². The molecule has 4 rings (SSSR count). The summed E-state index contributed by atoms with van der Waals surface area (Å²) in [4.78, 5) is 33.6. The molecule has 3 N–H and O–H groups in total. The predicted molar refractivity (Wildman–Crippen MR) is 127 cm³/mol. The molecule has 0 spiro atoms. The fourth-order valence-corrected chi connectivity index (χ4v) is 3.58. The van der Waals surface area contributed by atoms with Gasteiger partial charge in [0.05, 0.1) is 17.1 Å². The molecule has 0 aliphatic heterocycles. The van der Waals surface area contributed by atoms with Crippen LogP contribution in [0, 0.1) is 12.8 Å². The zero-order chi connectivity index (χ0) is 22.7. The fourth-order valence-electron chi connectivity index (χ4n) is 3.58. The number of aromatic nitrogens is 2. The Balaban J connectivity index is 1.55. The van der Waals surface area contributed by atoms with Crippen molar-refractivity contribution in [1.29, 1.82) is 0 Å². The molecule has 1 heterocycles. The van der Waals surface area contributed by atoms with E-state index in [4.69, 9.17) is 0 Å². The second kappa shape index (κ2) is 9.06. The molecule has 0 fully saturated rings. The Bertz CT molecular complexity index is 1230. The first-order chi connectivity index (χ1) is 15.4. The second-order valence-corrected chi connectivity index (χ2v) is 8.18. The number of amides is 2. The number of para-hydroxylation sites is 2. The number of rotatable bonds is 6. The van der Waals surface area contributed by atoms with Gasteiger partial charge in [-0.3, -0.25) is 9.59 Å². The number of carbonyl (C=O) groups excluding carboxylic acids is 2. The summed E-state index contributed by atoms with van der Waals surface area (Å²) in [5, 5.41) is 6.01. The number of anilines is 1. The summed E-state index contributed by atoms with van der Waals surface area (Å²) in [6.07, 6.45) is 0. The largest absolute Gasteiger partial charge is 0.342 e. The number of H-pyrrole nitrogens is 1. The standard InChI is InChI=1S/C26H26N4O2/c1-16(2)23(24-27-20-11-7-8-12-21(20)28-24)30-26(32)19-14-13-17(3)22(15-19)29-25(31)18-9-5-4-6-10-18/h4-16,23H,1-3H3,(H,27,28)(H,29,31)(H,30,32)/t23-/m0/s1. The van der Waals surface area contributed by atoms with Gasteiger partial charge in [0.1, 0.15) is 5.82 Å². The maximum atomic E-state index is 13.1. The monoisotopic (exact) mass is 426 g/mol. The molecule has 0 bridgehead atoms. The van der Waals surface area contributed by atoms with Crippen molar-refractivity contribution < 1.29 is 9.59 Å². The average molecular weight is 427 g/mol.